The van der Waals surface area contributed by atoms with Crippen molar-refractivity contribution in [2.45, 2.75) is 17.8 Å². The first kappa shape index (κ1) is 17.9. The van der Waals surface area contributed by atoms with Gasteiger partial charge in [-0.3, -0.25) is 4.84 Å². The van der Waals surface area contributed by atoms with Crippen LogP contribution in [0.1, 0.15) is 17.2 Å². The molecule has 1 saturated heterocycles. The summed E-state index contributed by atoms with van der Waals surface area (Å²) in [5.41, 5.74) is 0.752. The second-order valence-electron chi connectivity index (χ2n) is 5.84. The van der Waals surface area contributed by atoms with E-state index in [4.69, 9.17) is 4.84 Å². The van der Waals surface area contributed by atoms with Crippen LogP contribution < -0.4 is 4.72 Å². The van der Waals surface area contributed by atoms with Crippen molar-refractivity contribution in [1.82, 2.24) is 9.79 Å². The van der Waals surface area contributed by atoms with E-state index in [2.05, 4.69) is 4.72 Å². The van der Waals surface area contributed by atoms with E-state index in [9.17, 15) is 17.2 Å². The molecule has 5 nitrogen and oxygen atoms in total. The van der Waals surface area contributed by atoms with Gasteiger partial charge in [-0.25, -0.2) is 21.9 Å². The molecule has 1 aliphatic heterocycles. The fourth-order valence-corrected chi connectivity index (χ4v) is 4.38. The van der Waals surface area contributed by atoms with E-state index in [1.165, 1.54) is 29.3 Å². The van der Waals surface area contributed by atoms with Crippen LogP contribution in [0, 0.1) is 11.6 Å². The molecule has 2 atom stereocenters. The zero-order valence-electron chi connectivity index (χ0n) is 13.5. The van der Waals surface area contributed by atoms with Gasteiger partial charge in [-0.15, -0.1) is 0 Å². The van der Waals surface area contributed by atoms with E-state index in [0.717, 1.165) is 0 Å². The summed E-state index contributed by atoms with van der Waals surface area (Å²) in [5.74, 6) is -0.931. The molecule has 2 unspecified atom stereocenters. The van der Waals surface area contributed by atoms with Gasteiger partial charge < -0.3 is 0 Å². The number of hydrogen-bond donors (Lipinski definition) is 1. The fraction of sp³-hybridized carbons (Fsp3) is 0.294. The van der Waals surface area contributed by atoms with Crippen LogP contribution in [0.15, 0.2) is 48.5 Å². The molecule has 1 N–H and O–H groups in total. The maximum absolute atomic E-state index is 14.1. The summed E-state index contributed by atoms with van der Waals surface area (Å²) in [6.45, 7) is -0.141. The van der Waals surface area contributed by atoms with E-state index in [1.54, 1.807) is 31.3 Å². The van der Waals surface area contributed by atoms with Crippen LogP contribution in [-0.4, -0.2) is 32.4 Å². The molecule has 2 aromatic carbocycles. The number of rotatable bonds is 5. The zero-order valence-corrected chi connectivity index (χ0v) is 14.3. The van der Waals surface area contributed by atoms with E-state index >= 15 is 0 Å². The van der Waals surface area contributed by atoms with Gasteiger partial charge >= 0.3 is 0 Å². The standard InChI is InChI=1S/C17H18F2N2O3S/c1-21-17(14-7-2-3-8-15(14)19)16(11-24-21)25(22,23)20-10-12-5-4-6-13(18)9-12/h2-9,16-17,20H,10-11H2,1H3. The Kier molecular flexibility index (Phi) is 5.14. The van der Waals surface area contributed by atoms with Crippen LogP contribution in [-0.2, 0) is 21.4 Å². The van der Waals surface area contributed by atoms with Gasteiger partial charge in [0.25, 0.3) is 0 Å². The Morgan fingerprint density at radius 1 is 1.20 bits per heavy atom. The molecule has 0 saturated carbocycles. The molecule has 0 aliphatic carbocycles. The highest BCUT2D eigenvalue weighted by Gasteiger charge is 2.44. The normalized spacial score (nSPS) is 21.6. The smallest absolute Gasteiger partial charge is 0.219 e. The molecular weight excluding hydrogens is 350 g/mol. The maximum atomic E-state index is 14.1. The van der Waals surface area contributed by atoms with Crippen LogP contribution >= 0.6 is 0 Å². The quantitative estimate of drug-likeness (QED) is 0.880. The molecule has 1 heterocycles. The van der Waals surface area contributed by atoms with Crippen LogP contribution in [0.5, 0.6) is 0 Å². The number of nitrogens with zero attached hydrogens (tertiary/aromatic N) is 1. The van der Waals surface area contributed by atoms with Crippen LogP contribution in [0.25, 0.3) is 0 Å². The molecule has 8 heteroatoms. The number of halogens is 2. The second-order valence-corrected chi connectivity index (χ2v) is 7.83. The molecule has 0 spiro atoms. The molecule has 0 amide bonds. The number of sulfonamides is 1. The molecule has 0 bridgehead atoms. The summed E-state index contributed by atoms with van der Waals surface area (Å²) in [6.07, 6.45) is 0. The minimum Gasteiger partial charge on any atom is -0.297 e. The summed E-state index contributed by atoms with van der Waals surface area (Å²) in [4.78, 5) is 5.33. The number of hydroxylamine groups is 2. The highest BCUT2D eigenvalue weighted by atomic mass is 32.2. The Hall–Kier alpha value is -1.87. The van der Waals surface area contributed by atoms with Gasteiger partial charge in [0.05, 0.1) is 12.6 Å². The number of hydrogen-bond acceptors (Lipinski definition) is 4. The van der Waals surface area contributed by atoms with E-state index in [0.29, 0.717) is 5.56 Å². The van der Waals surface area contributed by atoms with Gasteiger partial charge in [-0.2, -0.15) is 5.06 Å². The first-order valence-corrected chi connectivity index (χ1v) is 9.26. The Bertz CT molecular complexity index is 860. The van der Waals surface area contributed by atoms with Gasteiger partial charge in [-0.1, -0.05) is 30.3 Å². The van der Waals surface area contributed by atoms with Crippen LogP contribution in [0.4, 0.5) is 8.78 Å². The average Bonchev–Trinajstić information content (AvgIpc) is 2.96. The van der Waals surface area contributed by atoms with E-state index in [-0.39, 0.29) is 18.7 Å². The van der Waals surface area contributed by atoms with Crippen molar-refractivity contribution in [2.75, 3.05) is 13.7 Å². The van der Waals surface area contributed by atoms with Crippen molar-refractivity contribution in [3.8, 4) is 0 Å². The Morgan fingerprint density at radius 3 is 2.68 bits per heavy atom. The van der Waals surface area contributed by atoms with Crippen LogP contribution in [0.2, 0.25) is 0 Å². The monoisotopic (exact) mass is 368 g/mol. The summed E-state index contributed by atoms with van der Waals surface area (Å²) < 4.78 is 55.2. The molecule has 1 fully saturated rings. The molecule has 0 aromatic heterocycles. The summed E-state index contributed by atoms with van der Waals surface area (Å²) >= 11 is 0. The molecule has 2 aromatic rings. The van der Waals surface area contributed by atoms with Gasteiger partial charge in [0.15, 0.2) is 0 Å². The van der Waals surface area contributed by atoms with Crippen molar-refractivity contribution >= 4 is 10.0 Å². The largest absolute Gasteiger partial charge is 0.297 e. The Balaban J connectivity index is 1.82. The number of nitrogens with one attached hydrogen (secondary N) is 1. The Labute approximate surface area is 145 Å². The number of benzene rings is 2. The molecule has 134 valence electrons. The SMILES string of the molecule is CN1OCC(S(=O)(=O)NCc2cccc(F)c2)C1c1ccccc1F. The minimum absolute atomic E-state index is 0.0513. The predicted molar refractivity (Wildman–Crippen MR) is 88.8 cm³/mol. The highest BCUT2D eigenvalue weighted by Crippen LogP contribution is 2.34. The van der Waals surface area contributed by atoms with Crippen molar-refractivity contribution in [2.24, 2.45) is 0 Å². The lowest BCUT2D eigenvalue weighted by Crippen LogP contribution is -2.39. The topological polar surface area (TPSA) is 58.6 Å². The van der Waals surface area contributed by atoms with Crippen LogP contribution in [0.3, 0.4) is 0 Å². The van der Waals surface area contributed by atoms with Gasteiger partial charge in [-0.05, 0) is 23.8 Å². The zero-order chi connectivity index (χ0) is 18.0. The third-order valence-electron chi connectivity index (χ3n) is 4.18. The van der Waals surface area contributed by atoms with E-state index < -0.39 is 32.9 Å². The van der Waals surface area contributed by atoms with Gasteiger partial charge in [0.1, 0.15) is 16.9 Å². The minimum atomic E-state index is -3.82. The maximum Gasteiger partial charge on any atom is 0.219 e. The lowest BCUT2D eigenvalue weighted by Gasteiger charge is -2.23. The van der Waals surface area contributed by atoms with Crippen molar-refractivity contribution in [1.29, 1.82) is 0 Å². The third-order valence-corrected chi connectivity index (χ3v) is 5.91. The molecule has 0 radical (unpaired) electrons. The molecule has 1 aliphatic rings. The van der Waals surface area contributed by atoms with Crippen molar-refractivity contribution in [3.05, 3.63) is 71.3 Å². The Morgan fingerprint density at radius 2 is 1.96 bits per heavy atom. The summed E-state index contributed by atoms with van der Waals surface area (Å²) in [6, 6.07) is 10.9. The predicted octanol–water partition coefficient (Wildman–Crippen LogP) is 2.37. The first-order valence-electron chi connectivity index (χ1n) is 7.71. The third kappa shape index (κ3) is 3.87. The average molecular weight is 368 g/mol. The molecule has 25 heavy (non-hydrogen) atoms. The van der Waals surface area contributed by atoms with Crippen molar-refractivity contribution in [3.63, 3.8) is 0 Å². The second kappa shape index (κ2) is 7.17. The lowest BCUT2D eigenvalue weighted by atomic mass is 10.0. The van der Waals surface area contributed by atoms with Gasteiger partial charge in [0.2, 0.25) is 10.0 Å². The fourth-order valence-electron chi connectivity index (χ4n) is 2.90. The first-order chi connectivity index (χ1) is 11.9. The summed E-state index contributed by atoms with van der Waals surface area (Å²) in [7, 11) is -2.26. The van der Waals surface area contributed by atoms with Gasteiger partial charge in [0, 0.05) is 19.2 Å². The van der Waals surface area contributed by atoms with E-state index in [1.807, 2.05) is 0 Å². The molecular formula is C17H18F2N2O3S. The van der Waals surface area contributed by atoms with Crippen molar-refractivity contribution < 1.29 is 22.0 Å². The molecule has 3 rings (SSSR count). The lowest BCUT2D eigenvalue weighted by molar-refractivity contribution is -0.111. The highest BCUT2D eigenvalue weighted by molar-refractivity contribution is 7.90. The summed E-state index contributed by atoms with van der Waals surface area (Å²) in [5, 5.41) is 0.368.